The van der Waals surface area contributed by atoms with Crippen molar-refractivity contribution in [2.24, 2.45) is 5.92 Å². The highest BCUT2D eigenvalue weighted by atomic mass is 31.3. The van der Waals surface area contributed by atoms with Crippen LogP contribution in [0.25, 0.3) is 0 Å². The predicted octanol–water partition coefficient (Wildman–Crippen LogP) is 6.74. The zero-order valence-electron chi connectivity index (χ0n) is 40.0. The molecule has 1 aromatic heterocycles. The molecule has 1 fully saturated rings. The molecular weight excluding hydrogens is 940 g/mol. The fraction of sp³-hybridized carbons (Fsp3) is 0.617. The van der Waals surface area contributed by atoms with Crippen LogP contribution < -0.4 is 11.4 Å². The SMILES string of the molecule is CC/C=C\C[C@H](O)/C=C/C=C\C=C\[C@H](O)C/C=C\C/C=C\CCC(=O)O[C@H](COC(=O)CCCCCCCCCC(C)C)COP(=O)(O)OP(=O)(O)OC[C@H]1O[C@@H](n2ccc(N)nc2=O)[C@H](O)[C@@H]1O. The number of hydrogen-bond acceptors (Lipinski definition) is 17. The number of aromatic nitrogens is 2. The summed E-state index contributed by atoms with van der Waals surface area (Å²) in [6.07, 6.45) is 24.0. The number of phosphoric ester groups is 2. The predicted molar refractivity (Wildman–Crippen MR) is 259 cm³/mol. The highest BCUT2D eigenvalue weighted by molar-refractivity contribution is 7.61. The molecule has 0 amide bonds. The largest absolute Gasteiger partial charge is 0.481 e. The maximum absolute atomic E-state index is 12.8. The van der Waals surface area contributed by atoms with Crippen molar-refractivity contribution in [1.29, 1.82) is 0 Å². The Kier molecular flexibility index (Phi) is 30.6. The van der Waals surface area contributed by atoms with E-state index in [-0.39, 0.29) is 25.1 Å². The molecule has 0 saturated carbocycles. The third-order valence-corrected chi connectivity index (χ3v) is 12.8. The van der Waals surface area contributed by atoms with Crippen LogP contribution in [0, 0.1) is 5.92 Å². The first-order valence-corrected chi connectivity index (χ1v) is 26.5. The zero-order valence-corrected chi connectivity index (χ0v) is 41.8. The average molecular weight is 1020 g/mol. The molecule has 9 atom stereocenters. The van der Waals surface area contributed by atoms with Gasteiger partial charge in [0.05, 0.1) is 25.4 Å². The van der Waals surface area contributed by atoms with E-state index in [1.165, 1.54) is 25.3 Å². The number of unbranched alkanes of at least 4 members (excludes halogenated alkanes) is 6. The molecule has 22 heteroatoms. The first-order valence-electron chi connectivity index (χ1n) is 23.5. The first-order chi connectivity index (χ1) is 32.8. The summed E-state index contributed by atoms with van der Waals surface area (Å²) in [6, 6.07) is 1.23. The van der Waals surface area contributed by atoms with Gasteiger partial charge in [0.25, 0.3) is 0 Å². The molecule has 1 aliphatic heterocycles. The number of anilines is 1. The van der Waals surface area contributed by atoms with E-state index >= 15 is 0 Å². The maximum atomic E-state index is 12.8. The summed E-state index contributed by atoms with van der Waals surface area (Å²) < 4.78 is 56.4. The Morgan fingerprint density at radius 2 is 1.42 bits per heavy atom. The lowest BCUT2D eigenvalue weighted by molar-refractivity contribution is -0.161. The van der Waals surface area contributed by atoms with E-state index in [1.54, 1.807) is 48.6 Å². The Balaban J connectivity index is 1.88. The fourth-order valence-corrected chi connectivity index (χ4v) is 8.57. The number of rotatable bonds is 36. The van der Waals surface area contributed by atoms with Gasteiger partial charge in [0.2, 0.25) is 0 Å². The molecule has 1 saturated heterocycles. The second-order valence-corrected chi connectivity index (χ2v) is 19.8. The number of nitrogen functional groups attached to an aromatic ring is 1. The summed E-state index contributed by atoms with van der Waals surface area (Å²) in [5.41, 5.74) is 4.56. The van der Waals surface area contributed by atoms with Crippen molar-refractivity contribution < 1.29 is 76.5 Å². The molecule has 1 aliphatic rings. The average Bonchev–Trinajstić information content (AvgIpc) is 3.56. The van der Waals surface area contributed by atoms with Gasteiger partial charge < -0.3 is 50.2 Å². The van der Waals surface area contributed by atoms with Gasteiger partial charge in [-0.2, -0.15) is 9.29 Å². The fourth-order valence-electron chi connectivity index (χ4n) is 6.46. The molecule has 8 N–H and O–H groups in total. The van der Waals surface area contributed by atoms with Gasteiger partial charge in [-0.05, 0) is 50.5 Å². The van der Waals surface area contributed by atoms with Crippen molar-refractivity contribution >= 4 is 33.4 Å². The number of nitrogens with zero attached hydrogens (tertiary/aromatic N) is 2. The molecule has 2 rings (SSSR count). The second kappa shape index (κ2) is 34.4. The minimum atomic E-state index is -5.46. The Bertz CT molecular complexity index is 1990. The van der Waals surface area contributed by atoms with Gasteiger partial charge in [-0.3, -0.25) is 23.2 Å². The number of phosphoric acid groups is 2. The third-order valence-electron chi connectivity index (χ3n) is 10.2. The molecule has 69 heavy (non-hydrogen) atoms. The molecule has 20 nitrogen and oxygen atoms in total. The van der Waals surface area contributed by atoms with Crippen LogP contribution in [0.2, 0.25) is 0 Å². The van der Waals surface area contributed by atoms with Crippen molar-refractivity contribution in [3.8, 4) is 0 Å². The van der Waals surface area contributed by atoms with Crippen molar-refractivity contribution in [3.05, 3.63) is 95.7 Å². The molecule has 2 heterocycles. The van der Waals surface area contributed by atoms with Crippen LogP contribution in [-0.2, 0) is 46.3 Å². The van der Waals surface area contributed by atoms with Gasteiger partial charge in [0.15, 0.2) is 12.3 Å². The second-order valence-electron chi connectivity index (χ2n) is 16.8. The van der Waals surface area contributed by atoms with E-state index in [2.05, 4.69) is 23.1 Å². The normalized spacial score (nSPS) is 21.0. The number of allylic oxidation sites excluding steroid dienone is 8. The Morgan fingerprint density at radius 1 is 0.812 bits per heavy atom. The summed E-state index contributed by atoms with van der Waals surface area (Å²) in [6.45, 7) is 3.97. The van der Waals surface area contributed by atoms with Gasteiger partial charge in [-0.25, -0.2) is 13.9 Å². The standard InChI is InChI=1S/C47H75N3O17P2/c1-4-5-17-25-37(51)27-20-15-16-21-28-38(52)26-19-12-9-10-14-23-30-43(54)65-39(33-62-42(53)29-22-13-8-6-7-11-18-24-36(2)3)34-63-68(58,59)67-69(60,61)64-35-40-44(55)45(56)46(66-40)50-32-31-41(48)49-47(50)57/h5,10,12,14-17,19-21,27-28,31-32,36-40,44-46,51-52,55-56H,4,6-9,11,13,18,22-26,29-30,33-35H2,1-3H3,(H,58,59)(H,60,61)(H2,48,49,57)/b14-10-,16-15-,17-5-,19-12-,27-20+,28-21+/t37-,38+,39+,40+,44+,45+,46+/m0/s1. The van der Waals surface area contributed by atoms with Crippen LogP contribution in [0.15, 0.2) is 90.0 Å². The topological polar surface area (TPSA) is 306 Å². The maximum Gasteiger partial charge on any atom is 0.481 e. The minimum absolute atomic E-state index is 0.0839. The van der Waals surface area contributed by atoms with Crippen molar-refractivity contribution in [3.63, 3.8) is 0 Å². The smallest absolute Gasteiger partial charge is 0.462 e. The van der Waals surface area contributed by atoms with E-state index in [0.717, 1.165) is 42.9 Å². The van der Waals surface area contributed by atoms with Crippen LogP contribution in [0.1, 0.15) is 123 Å². The van der Waals surface area contributed by atoms with Gasteiger partial charge in [-0.1, -0.05) is 139 Å². The first kappa shape index (κ1) is 61.2. The van der Waals surface area contributed by atoms with Gasteiger partial charge >= 0.3 is 33.3 Å². The summed E-state index contributed by atoms with van der Waals surface area (Å²) in [5.74, 6) is -0.807. The van der Waals surface area contributed by atoms with Crippen molar-refractivity contribution in [2.45, 2.75) is 160 Å². The number of esters is 2. The van der Waals surface area contributed by atoms with Crippen LogP contribution in [-0.4, -0.2) is 108 Å². The van der Waals surface area contributed by atoms with E-state index < -0.39 is 95.9 Å². The molecular formula is C47H75N3O17P2. The number of carbonyl (C=O) groups excluding carboxylic acids is 2. The lowest BCUT2D eigenvalue weighted by Gasteiger charge is -2.21. The molecule has 0 aromatic carbocycles. The van der Waals surface area contributed by atoms with E-state index in [0.29, 0.717) is 31.6 Å². The molecule has 1 aromatic rings. The van der Waals surface area contributed by atoms with Gasteiger partial charge in [0, 0.05) is 19.0 Å². The Morgan fingerprint density at radius 3 is 2.06 bits per heavy atom. The van der Waals surface area contributed by atoms with Crippen LogP contribution in [0.5, 0.6) is 0 Å². The highest BCUT2D eigenvalue weighted by Crippen LogP contribution is 2.60. The monoisotopic (exact) mass is 1020 g/mol. The van der Waals surface area contributed by atoms with Crippen molar-refractivity contribution in [1.82, 2.24) is 9.55 Å². The number of carbonyl (C=O) groups is 2. The molecule has 2 unspecified atom stereocenters. The summed E-state index contributed by atoms with van der Waals surface area (Å²) in [5, 5.41) is 40.9. The van der Waals surface area contributed by atoms with E-state index in [9.17, 15) is 53.7 Å². The van der Waals surface area contributed by atoms with E-state index in [4.69, 9.17) is 29.0 Å². The zero-order chi connectivity index (χ0) is 51.1. The highest BCUT2D eigenvalue weighted by Gasteiger charge is 2.46. The number of nitrogens with two attached hydrogens (primary N) is 1. The van der Waals surface area contributed by atoms with Crippen molar-refractivity contribution in [2.75, 3.05) is 25.6 Å². The number of aliphatic hydroxyl groups is 4. The lowest BCUT2D eigenvalue weighted by Crippen LogP contribution is -2.36. The number of ether oxygens (including phenoxy) is 3. The minimum Gasteiger partial charge on any atom is -0.462 e. The van der Waals surface area contributed by atoms with E-state index in [1.807, 2.05) is 31.2 Å². The Hall–Kier alpha value is -3.88. The summed E-state index contributed by atoms with van der Waals surface area (Å²) in [7, 11) is -10.9. The summed E-state index contributed by atoms with van der Waals surface area (Å²) >= 11 is 0. The quantitative estimate of drug-likeness (QED) is 0.0120. The van der Waals surface area contributed by atoms with Gasteiger partial charge in [-0.15, -0.1) is 0 Å². The number of hydrogen-bond donors (Lipinski definition) is 7. The Labute approximate surface area is 405 Å². The lowest BCUT2D eigenvalue weighted by atomic mass is 10.0. The molecule has 0 bridgehead atoms. The van der Waals surface area contributed by atoms with Crippen LogP contribution >= 0.6 is 15.6 Å². The molecule has 0 spiro atoms. The van der Waals surface area contributed by atoms with Crippen LogP contribution in [0.3, 0.4) is 0 Å². The molecule has 390 valence electrons. The molecule has 0 radical (unpaired) electrons. The third kappa shape index (κ3) is 28.5. The summed E-state index contributed by atoms with van der Waals surface area (Å²) in [4.78, 5) is 61.7. The molecule has 0 aliphatic carbocycles. The van der Waals surface area contributed by atoms with Gasteiger partial charge in [0.1, 0.15) is 30.7 Å². The van der Waals surface area contributed by atoms with Crippen LogP contribution in [0.4, 0.5) is 5.82 Å². The number of aliphatic hydroxyl groups excluding tert-OH is 4.